The Hall–Kier alpha value is -0.900. The molecule has 0 saturated heterocycles. The molecular weight excluding hydrogens is 214 g/mol. The highest BCUT2D eigenvalue weighted by Gasteiger charge is 2.49. The summed E-state index contributed by atoms with van der Waals surface area (Å²) in [6.07, 6.45) is 1.15. The number of nitrogens with zero attached hydrogens (tertiary/aromatic N) is 2. The van der Waals surface area contributed by atoms with Crippen molar-refractivity contribution >= 4 is 0 Å². The second-order valence-electron chi connectivity index (χ2n) is 6.37. The van der Waals surface area contributed by atoms with Crippen LogP contribution in [0.4, 0.5) is 0 Å². The lowest BCUT2D eigenvalue weighted by molar-refractivity contribution is 0.298. The van der Waals surface area contributed by atoms with Crippen molar-refractivity contribution in [3.8, 4) is 0 Å². The van der Waals surface area contributed by atoms with Crippen LogP contribution in [-0.2, 0) is 0 Å². The summed E-state index contributed by atoms with van der Waals surface area (Å²) in [6.45, 7) is 10.7. The molecule has 1 aromatic heterocycles. The Morgan fingerprint density at radius 2 is 1.94 bits per heavy atom. The van der Waals surface area contributed by atoms with Gasteiger partial charge in [-0.25, -0.2) is 0 Å². The fourth-order valence-corrected chi connectivity index (χ4v) is 2.55. The van der Waals surface area contributed by atoms with Gasteiger partial charge in [-0.3, -0.25) is 0 Å². The molecule has 1 aliphatic carbocycles. The number of nitrogens with two attached hydrogens (primary N) is 1. The van der Waals surface area contributed by atoms with E-state index < -0.39 is 0 Å². The second kappa shape index (κ2) is 4.09. The van der Waals surface area contributed by atoms with Gasteiger partial charge in [0.25, 0.3) is 0 Å². The van der Waals surface area contributed by atoms with Gasteiger partial charge < -0.3 is 10.3 Å². The molecule has 0 amide bonds. The summed E-state index contributed by atoms with van der Waals surface area (Å²) in [5.41, 5.74) is 6.33. The van der Waals surface area contributed by atoms with Gasteiger partial charge in [0.05, 0.1) is 5.92 Å². The summed E-state index contributed by atoms with van der Waals surface area (Å²) in [7, 11) is 0. The predicted octanol–water partition coefficient (Wildman–Crippen LogP) is 2.67. The third-order valence-electron chi connectivity index (χ3n) is 3.85. The molecule has 4 heteroatoms. The quantitative estimate of drug-likeness (QED) is 0.874. The van der Waals surface area contributed by atoms with E-state index in [9.17, 15) is 0 Å². The van der Waals surface area contributed by atoms with Crippen LogP contribution >= 0.6 is 0 Å². The van der Waals surface area contributed by atoms with E-state index in [2.05, 4.69) is 37.8 Å². The van der Waals surface area contributed by atoms with Gasteiger partial charge >= 0.3 is 0 Å². The SMILES string of the molecule is CC(C)C(c1nc(C2CC2(C)C)no1)C(C)N. The van der Waals surface area contributed by atoms with Crippen molar-refractivity contribution in [3.63, 3.8) is 0 Å². The van der Waals surface area contributed by atoms with Gasteiger partial charge in [-0.2, -0.15) is 4.98 Å². The second-order valence-corrected chi connectivity index (χ2v) is 6.37. The first-order valence-electron chi connectivity index (χ1n) is 6.42. The van der Waals surface area contributed by atoms with E-state index in [1.165, 1.54) is 0 Å². The highest BCUT2D eigenvalue weighted by molar-refractivity contribution is 5.15. The third-order valence-corrected chi connectivity index (χ3v) is 3.85. The van der Waals surface area contributed by atoms with Crippen LogP contribution in [0, 0.1) is 11.3 Å². The van der Waals surface area contributed by atoms with Gasteiger partial charge in [-0.1, -0.05) is 32.9 Å². The Kier molecular flexibility index (Phi) is 3.02. The van der Waals surface area contributed by atoms with Gasteiger partial charge in [0.15, 0.2) is 5.82 Å². The average molecular weight is 237 g/mol. The standard InChI is InChI=1S/C13H23N3O/c1-7(2)10(8(3)14)12-15-11(16-17-12)9-6-13(9,4)5/h7-10H,6,14H2,1-5H3. The molecule has 17 heavy (non-hydrogen) atoms. The van der Waals surface area contributed by atoms with Crippen LogP contribution in [0.15, 0.2) is 4.52 Å². The Balaban J connectivity index is 2.17. The van der Waals surface area contributed by atoms with Crippen molar-refractivity contribution < 1.29 is 4.52 Å². The highest BCUT2D eigenvalue weighted by atomic mass is 16.5. The van der Waals surface area contributed by atoms with E-state index in [1.54, 1.807) is 0 Å². The third kappa shape index (κ3) is 2.37. The number of hydrogen-bond donors (Lipinski definition) is 1. The Morgan fingerprint density at radius 3 is 2.35 bits per heavy atom. The van der Waals surface area contributed by atoms with E-state index in [-0.39, 0.29) is 12.0 Å². The van der Waals surface area contributed by atoms with E-state index in [0.29, 0.717) is 23.1 Å². The molecular formula is C13H23N3O. The fraction of sp³-hybridized carbons (Fsp3) is 0.846. The minimum Gasteiger partial charge on any atom is -0.339 e. The molecule has 1 aromatic rings. The van der Waals surface area contributed by atoms with E-state index >= 15 is 0 Å². The average Bonchev–Trinajstić information content (AvgIpc) is 2.61. The number of rotatable bonds is 4. The van der Waals surface area contributed by atoms with Crippen LogP contribution in [0.25, 0.3) is 0 Å². The Bertz CT molecular complexity index is 387. The topological polar surface area (TPSA) is 64.9 Å². The summed E-state index contributed by atoms with van der Waals surface area (Å²) in [5.74, 6) is 2.58. The molecule has 1 heterocycles. The molecule has 0 aliphatic heterocycles. The van der Waals surface area contributed by atoms with E-state index in [1.807, 2.05) is 6.92 Å². The first-order chi connectivity index (χ1) is 7.83. The molecule has 3 atom stereocenters. The monoisotopic (exact) mass is 237 g/mol. The fourth-order valence-electron chi connectivity index (χ4n) is 2.55. The minimum absolute atomic E-state index is 0.0375. The molecule has 0 bridgehead atoms. The van der Waals surface area contributed by atoms with Gasteiger partial charge in [0.1, 0.15) is 0 Å². The molecule has 1 aliphatic rings. The van der Waals surface area contributed by atoms with Crippen LogP contribution in [0.5, 0.6) is 0 Å². The maximum atomic E-state index is 6.00. The first-order valence-corrected chi connectivity index (χ1v) is 6.42. The largest absolute Gasteiger partial charge is 0.339 e. The summed E-state index contributed by atoms with van der Waals surface area (Å²) < 4.78 is 5.40. The molecule has 1 saturated carbocycles. The van der Waals surface area contributed by atoms with Gasteiger partial charge in [0, 0.05) is 12.0 Å². The highest BCUT2D eigenvalue weighted by Crippen LogP contribution is 2.57. The molecule has 0 radical (unpaired) electrons. The molecule has 1 fully saturated rings. The summed E-state index contributed by atoms with van der Waals surface area (Å²) in [4.78, 5) is 4.55. The van der Waals surface area contributed by atoms with Crippen LogP contribution in [-0.4, -0.2) is 16.2 Å². The summed E-state index contributed by atoms with van der Waals surface area (Å²) in [5, 5.41) is 4.12. The summed E-state index contributed by atoms with van der Waals surface area (Å²) in [6, 6.07) is 0.0375. The first kappa shape index (κ1) is 12.6. The molecule has 0 spiro atoms. The van der Waals surface area contributed by atoms with Gasteiger partial charge in [-0.05, 0) is 24.7 Å². The zero-order valence-corrected chi connectivity index (χ0v) is 11.4. The lowest BCUT2D eigenvalue weighted by atomic mass is 9.90. The predicted molar refractivity (Wildman–Crippen MR) is 66.7 cm³/mol. The maximum absolute atomic E-state index is 6.00. The smallest absolute Gasteiger partial charge is 0.231 e. The normalized spacial score (nSPS) is 25.9. The van der Waals surface area contributed by atoms with Crippen molar-refractivity contribution in [3.05, 3.63) is 11.7 Å². The van der Waals surface area contributed by atoms with Gasteiger partial charge in [-0.15, -0.1) is 0 Å². The van der Waals surface area contributed by atoms with Crippen LogP contribution in [0.2, 0.25) is 0 Å². The van der Waals surface area contributed by atoms with Crippen molar-refractivity contribution in [2.24, 2.45) is 17.1 Å². The van der Waals surface area contributed by atoms with E-state index in [0.717, 1.165) is 12.2 Å². The minimum atomic E-state index is 0.0375. The van der Waals surface area contributed by atoms with E-state index in [4.69, 9.17) is 10.3 Å². The Morgan fingerprint density at radius 1 is 1.35 bits per heavy atom. The summed E-state index contributed by atoms with van der Waals surface area (Å²) >= 11 is 0. The lowest BCUT2D eigenvalue weighted by Gasteiger charge is -2.20. The lowest BCUT2D eigenvalue weighted by Crippen LogP contribution is -2.28. The van der Waals surface area contributed by atoms with Crippen molar-refractivity contribution in [2.75, 3.05) is 0 Å². The van der Waals surface area contributed by atoms with Crippen LogP contribution in [0.1, 0.15) is 64.6 Å². The zero-order chi connectivity index (χ0) is 12.8. The Labute approximate surface area is 103 Å². The molecule has 4 nitrogen and oxygen atoms in total. The van der Waals surface area contributed by atoms with Crippen LogP contribution < -0.4 is 5.73 Å². The molecule has 0 aromatic carbocycles. The molecule has 3 unspecified atom stereocenters. The molecule has 2 N–H and O–H groups in total. The van der Waals surface area contributed by atoms with Crippen LogP contribution in [0.3, 0.4) is 0 Å². The number of aromatic nitrogens is 2. The van der Waals surface area contributed by atoms with Crippen molar-refractivity contribution in [1.29, 1.82) is 0 Å². The van der Waals surface area contributed by atoms with Gasteiger partial charge in [0.2, 0.25) is 5.89 Å². The maximum Gasteiger partial charge on any atom is 0.231 e. The molecule has 96 valence electrons. The molecule has 2 rings (SSSR count). The van der Waals surface area contributed by atoms with Crippen molar-refractivity contribution in [1.82, 2.24) is 10.1 Å². The number of hydrogen-bond acceptors (Lipinski definition) is 4. The van der Waals surface area contributed by atoms with Crippen molar-refractivity contribution in [2.45, 2.75) is 58.9 Å². The zero-order valence-electron chi connectivity index (χ0n) is 11.4.